The molecule has 1 aromatic heterocycles. The summed E-state index contributed by atoms with van der Waals surface area (Å²) in [4.78, 5) is 4.08. The lowest BCUT2D eigenvalue weighted by atomic mass is 10.1. The van der Waals surface area contributed by atoms with Crippen LogP contribution in [0.3, 0.4) is 0 Å². The van der Waals surface area contributed by atoms with Crippen molar-refractivity contribution in [3.63, 3.8) is 0 Å². The van der Waals surface area contributed by atoms with E-state index in [2.05, 4.69) is 11.9 Å². The number of hydrogen-bond donors (Lipinski definition) is 1. The van der Waals surface area contributed by atoms with Gasteiger partial charge in [0.2, 0.25) is 0 Å². The number of nitrogens with zero attached hydrogens (tertiary/aromatic N) is 1. The van der Waals surface area contributed by atoms with Gasteiger partial charge < -0.3 is 9.52 Å². The van der Waals surface area contributed by atoms with Crippen molar-refractivity contribution >= 4 is 0 Å². The molecule has 0 aliphatic carbocycles. The summed E-state index contributed by atoms with van der Waals surface area (Å²) < 4.78 is 5.14. The second-order valence-electron chi connectivity index (χ2n) is 2.64. The molecule has 1 N–H and O–H groups in total. The second-order valence-corrected chi connectivity index (χ2v) is 2.64. The van der Waals surface area contributed by atoms with Gasteiger partial charge in [-0.3, -0.25) is 0 Å². The molecule has 0 radical (unpaired) electrons. The Kier molecular flexibility index (Phi) is 2.65. The van der Waals surface area contributed by atoms with Crippen LogP contribution in [0.1, 0.15) is 37.8 Å². The molecular formula is C8H13NO2. The molecule has 0 aromatic carbocycles. The Labute approximate surface area is 66.1 Å². The van der Waals surface area contributed by atoms with Crippen LogP contribution in [0.4, 0.5) is 0 Å². The average Bonchev–Trinajstić information content (AvgIpc) is 2.50. The third-order valence-corrected chi connectivity index (χ3v) is 1.77. The first kappa shape index (κ1) is 8.27. The zero-order valence-corrected chi connectivity index (χ0v) is 6.87. The third kappa shape index (κ3) is 1.80. The monoisotopic (exact) mass is 155 g/mol. The first-order valence-electron chi connectivity index (χ1n) is 3.83. The maximum absolute atomic E-state index is 8.68. The molecule has 1 rings (SSSR count). The summed E-state index contributed by atoms with van der Waals surface area (Å²) in [5.74, 6) is 1.06. The second kappa shape index (κ2) is 3.53. The molecule has 0 saturated carbocycles. The lowest BCUT2D eigenvalue weighted by Gasteiger charge is -1.99. The Morgan fingerprint density at radius 3 is 2.91 bits per heavy atom. The zero-order chi connectivity index (χ0) is 8.27. The maximum atomic E-state index is 8.68. The van der Waals surface area contributed by atoms with Crippen LogP contribution in [0.2, 0.25) is 0 Å². The largest absolute Gasteiger partial charge is 0.448 e. The topological polar surface area (TPSA) is 46.3 Å². The minimum absolute atomic E-state index is 0.0417. The molecule has 1 unspecified atom stereocenters. The predicted octanol–water partition coefficient (Wildman–Crippen LogP) is 1.68. The highest BCUT2D eigenvalue weighted by Crippen LogP contribution is 2.17. The van der Waals surface area contributed by atoms with Gasteiger partial charge in [-0.15, -0.1) is 0 Å². The van der Waals surface area contributed by atoms with Gasteiger partial charge in [0.05, 0.1) is 6.61 Å². The quantitative estimate of drug-likeness (QED) is 0.722. The molecule has 1 atom stereocenters. The van der Waals surface area contributed by atoms with Crippen molar-refractivity contribution < 1.29 is 9.52 Å². The molecule has 62 valence electrons. The predicted molar refractivity (Wildman–Crippen MR) is 41.1 cm³/mol. The van der Waals surface area contributed by atoms with Crippen LogP contribution in [-0.2, 0) is 6.61 Å². The Bertz CT molecular complexity index is 220. The fraction of sp³-hybridized carbons (Fsp3) is 0.625. The Morgan fingerprint density at radius 2 is 2.45 bits per heavy atom. The molecule has 3 nitrogen and oxygen atoms in total. The molecule has 11 heavy (non-hydrogen) atoms. The molecule has 0 amide bonds. The van der Waals surface area contributed by atoms with Crippen molar-refractivity contribution in [1.82, 2.24) is 4.98 Å². The molecule has 1 aromatic rings. The lowest BCUT2D eigenvalue weighted by Crippen LogP contribution is -1.91. The van der Waals surface area contributed by atoms with E-state index in [-0.39, 0.29) is 6.61 Å². The molecule has 0 aliphatic heterocycles. The van der Waals surface area contributed by atoms with Gasteiger partial charge in [-0.25, -0.2) is 4.98 Å². The number of hydrogen-bond acceptors (Lipinski definition) is 3. The average molecular weight is 155 g/mol. The molecule has 0 spiro atoms. The van der Waals surface area contributed by atoms with Crippen molar-refractivity contribution in [2.45, 2.75) is 32.8 Å². The summed E-state index contributed by atoms with van der Waals surface area (Å²) in [7, 11) is 0. The van der Waals surface area contributed by atoms with E-state index in [9.17, 15) is 0 Å². The highest BCUT2D eigenvalue weighted by atomic mass is 16.3. The van der Waals surface area contributed by atoms with E-state index >= 15 is 0 Å². The van der Waals surface area contributed by atoms with E-state index in [0.29, 0.717) is 11.6 Å². The number of oxazole rings is 1. The highest BCUT2D eigenvalue weighted by molar-refractivity contribution is 4.98. The van der Waals surface area contributed by atoms with Crippen LogP contribution in [0.25, 0.3) is 0 Å². The summed E-state index contributed by atoms with van der Waals surface area (Å²) in [6.45, 7) is 4.08. The summed E-state index contributed by atoms with van der Waals surface area (Å²) in [6.07, 6.45) is 2.51. The van der Waals surface area contributed by atoms with E-state index in [4.69, 9.17) is 9.52 Å². The van der Waals surface area contributed by atoms with Crippen LogP contribution in [-0.4, -0.2) is 10.1 Å². The van der Waals surface area contributed by atoms with Gasteiger partial charge in [0.25, 0.3) is 0 Å². The van der Waals surface area contributed by atoms with Gasteiger partial charge in [0, 0.05) is 5.92 Å². The molecule has 3 heteroatoms. The molecular weight excluding hydrogens is 142 g/mol. The number of aliphatic hydroxyl groups excluding tert-OH is 1. The third-order valence-electron chi connectivity index (χ3n) is 1.77. The Balaban J connectivity index is 2.71. The normalized spacial score (nSPS) is 13.4. The first-order chi connectivity index (χ1) is 5.27. The maximum Gasteiger partial charge on any atom is 0.197 e. The van der Waals surface area contributed by atoms with Crippen LogP contribution >= 0.6 is 0 Å². The SMILES string of the molecule is CCC(C)c1nc(CO)co1. The van der Waals surface area contributed by atoms with Gasteiger partial charge in [-0.05, 0) is 6.42 Å². The van der Waals surface area contributed by atoms with Crippen LogP contribution in [0.5, 0.6) is 0 Å². The van der Waals surface area contributed by atoms with Crippen molar-refractivity contribution in [1.29, 1.82) is 0 Å². The zero-order valence-electron chi connectivity index (χ0n) is 6.87. The van der Waals surface area contributed by atoms with Gasteiger partial charge in [-0.1, -0.05) is 13.8 Å². The molecule has 0 bridgehead atoms. The summed E-state index contributed by atoms with van der Waals surface area (Å²) in [5, 5.41) is 8.68. The van der Waals surface area contributed by atoms with E-state index in [1.54, 1.807) is 0 Å². The minimum atomic E-state index is -0.0417. The lowest BCUT2D eigenvalue weighted by molar-refractivity contribution is 0.276. The van der Waals surface area contributed by atoms with Crippen molar-refractivity contribution in [3.05, 3.63) is 17.8 Å². The van der Waals surface area contributed by atoms with E-state index < -0.39 is 0 Å². The Morgan fingerprint density at radius 1 is 1.73 bits per heavy atom. The number of aromatic nitrogens is 1. The molecule has 0 saturated heterocycles. The molecule has 0 fully saturated rings. The summed E-state index contributed by atoms with van der Waals surface area (Å²) in [6, 6.07) is 0. The number of aliphatic hydroxyl groups is 1. The fourth-order valence-electron chi connectivity index (χ4n) is 0.796. The fourth-order valence-corrected chi connectivity index (χ4v) is 0.796. The van der Waals surface area contributed by atoms with Crippen molar-refractivity contribution in [3.8, 4) is 0 Å². The van der Waals surface area contributed by atoms with Crippen LogP contribution < -0.4 is 0 Å². The van der Waals surface area contributed by atoms with E-state index in [0.717, 1.165) is 12.3 Å². The molecule has 0 aliphatic rings. The van der Waals surface area contributed by atoms with Gasteiger partial charge >= 0.3 is 0 Å². The van der Waals surface area contributed by atoms with Gasteiger partial charge in [0.15, 0.2) is 5.89 Å². The summed E-state index contributed by atoms with van der Waals surface area (Å²) in [5.41, 5.74) is 0.611. The number of rotatable bonds is 3. The standard InChI is InChI=1S/C8H13NO2/c1-3-6(2)8-9-7(4-10)5-11-8/h5-6,10H,3-4H2,1-2H3. The van der Waals surface area contributed by atoms with Crippen molar-refractivity contribution in [2.75, 3.05) is 0 Å². The van der Waals surface area contributed by atoms with Crippen LogP contribution in [0.15, 0.2) is 10.7 Å². The first-order valence-corrected chi connectivity index (χ1v) is 3.83. The smallest absolute Gasteiger partial charge is 0.197 e. The van der Waals surface area contributed by atoms with Gasteiger partial charge in [-0.2, -0.15) is 0 Å². The van der Waals surface area contributed by atoms with E-state index in [1.807, 2.05) is 6.92 Å². The molecule has 1 heterocycles. The van der Waals surface area contributed by atoms with Crippen LogP contribution in [0, 0.1) is 0 Å². The highest BCUT2D eigenvalue weighted by Gasteiger charge is 2.09. The summed E-state index contributed by atoms with van der Waals surface area (Å²) >= 11 is 0. The Hall–Kier alpha value is -0.830. The van der Waals surface area contributed by atoms with Gasteiger partial charge in [0.1, 0.15) is 12.0 Å². The van der Waals surface area contributed by atoms with Crippen molar-refractivity contribution in [2.24, 2.45) is 0 Å². The minimum Gasteiger partial charge on any atom is -0.448 e. The van der Waals surface area contributed by atoms with E-state index in [1.165, 1.54) is 6.26 Å².